The van der Waals surface area contributed by atoms with Crippen LogP contribution in [0, 0.1) is 17.8 Å². The van der Waals surface area contributed by atoms with E-state index in [0.29, 0.717) is 0 Å². The predicted molar refractivity (Wildman–Crippen MR) is 104 cm³/mol. The first-order valence-corrected chi connectivity index (χ1v) is 9.85. The van der Waals surface area contributed by atoms with Crippen molar-refractivity contribution >= 4 is 11.3 Å². The maximum atomic E-state index is 10.6. The fraction of sp³-hybridized carbons (Fsp3) is 0.550. The topological polar surface area (TPSA) is 61.5 Å². The van der Waals surface area contributed by atoms with Gasteiger partial charge in [-0.25, -0.2) is 4.98 Å². The van der Waals surface area contributed by atoms with Crippen molar-refractivity contribution in [3.8, 4) is 11.8 Å². The number of thiophene rings is 1. The lowest BCUT2D eigenvalue weighted by atomic mass is 9.90. The van der Waals surface area contributed by atoms with E-state index in [0.717, 1.165) is 43.2 Å². The fourth-order valence-electron chi connectivity index (χ4n) is 3.26. The van der Waals surface area contributed by atoms with Gasteiger partial charge in [-0.1, -0.05) is 11.8 Å². The summed E-state index contributed by atoms with van der Waals surface area (Å²) in [6, 6.07) is 4.14. The molecular formula is C20H27N3O2S. The smallest absolute Gasteiger partial charge is 0.137 e. The van der Waals surface area contributed by atoms with E-state index in [4.69, 9.17) is 0 Å². The molecule has 1 atom stereocenters. The van der Waals surface area contributed by atoms with Crippen molar-refractivity contribution in [2.24, 2.45) is 13.0 Å². The summed E-state index contributed by atoms with van der Waals surface area (Å²) in [7, 11) is 1.93. The highest BCUT2D eigenvalue weighted by molar-refractivity contribution is 7.12. The number of aliphatic hydroxyl groups is 2. The molecule has 2 aromatic rings. The monoisotopic (exact) mass is 373 g/mol. The molecule has 0 aliphatic carbocycles. The van der Waals surface area contributed by atoms with Crippen molar-refractivity contribution in [2.75, 3.05) is 13.1 Å². The summed E-state index contributed by atoms with van der Waals surface area (Å²) < 4.78 is 1.90. The van der Waals surface area contributed by atoms with Crippen molar-refractivity contribution < 1.29 is 10.2 Å². The van der Waals surface area contributed by atoms with Crippen LogP contribution >= 0.6 is 11.3 Å². The van der Waals surface area contributed by atoms with Gasteiger partial charge in [0, 0.05) is 30.9 Å². The molecule has 0 radical (unpaired) electrons. The number of aliphatic hydroxyl groups excluding tert-OH is 1. The van der Waals surface area contributed by atoms with Gasteiger partial charge in [-0.2, -0.15) is 0 Å². The van der Waals surface area contributed by atoms with E-state index in [-0.39, 0.29) is 5.92 Å². The molecule has 1 unspecified atom stereocenters. The molecule has 3 heterocycles. The van der Waals surface area contributed by atoms with Gasteiger partial charge in [0.25, 0.3) is 0 Å². The molecular weight excluding hydrogens is 346 g/mol. The number of aromatic nitrogens is 2. The van der Waals surface area contributed by atoms with E-state index in [2.05, 4.69) is 27.8 Å². The maximum absolute atomic E-state index is 10.6. The number of hydrogen-bond donors (Lipinski definition) is 2. The van der Waals surface area contributed by atoms with Gasteiger partial charge < -0.3 is 14.8 Å². The van der Waals surface area contributed by atoms with E-state index in [1.165, 1.54) is 4.88 Å². The second-order valence-corrected chi connectivity index (χ2v) is 8.70. The highest BCUT2D eigenvalue weighted by Crippen LogP contribution is 2.30. The quantitative estimate of drug-likeness (QED) is 0.809. The molecule has 2 aromatic heterocycles. The Labute approximate surface area is 159 Å². The second kappa shape index (κ2) is 7.93. The normalized spacial score (nSPS) is 17.7. The Morgan fingerprint density at radius 1 is 1.35 bits per heavy atom. The van der Waals surface area contributed by atoms with E-state index >= 15 is 0 Å². The van der Waals surface area contributed by atoms with Crippen LogP contribution in [-0.2, 0) is 13.6 Å². The number of aryl methyl sites for hydroxylation is 1. The van der Waals surface area contributed by atoms with Crippen molar-refractivity contribution in [3.05, 3.63) is 40.1 Å². The standard InChI is InChI=1S/C20H27N3O2S/c1-20(2,25)9-6-16-4-5-17(26-16)14-23-11-7-15(8-12-23)18(24)19-21-10-13-22(19)3/h4-5,10,13,15,18,24-25H,7-8,11-12,14H2,1-3H3. The third-order valence-electron chi connectivity index (χ3n) is 4.73. The number of nitrogens with zero attached hydrogens (tertiary/aromatic N) is 3. The van der Waals surface area contributed by atoms with E-state index < -0.39 is 11.7 Å². The highest BCUT2D eigenvalue weighted by atomic mass is 32.1. The Hall–Kier alpha value is -1.65. The van der Waals surface area contributed by atoms with Crippen LogP contribution in [0.2, 0.25) is 0 Å². The zero-order valence-corrected chi connectivity index (χ0v) is 16.5. The van der Waals surface area contributed by atoms with E-state index in [9.17, 15) is 10.2 Å². The first-order chi connectivity index (χ1) is 12.3. The van der Waals surface area contributed by atoms with Gasteiger partial charge in [0.15, 0.2) is 0 Å². The molecule has 0 saturated carbocycles. The number of likely N-dealkylation sites (tertiary alicyclic amines) is 1. The summed E-state index contributed by atoms with van der Waals surface area (Å²) in [5, 5.41) is 20.3. The lowest BCUT2D eigenvalue weighted by Gasteiger charge is -2.33. The van der Waals surface area contributed by atoms with Gasteiger partial charge in [-0.05, 0) is 57.8 Å². The molecule has 0 bridgehead atoms. The van der Waals surface area contributed by atoms with Gasteiger partial charge in [0.1, 0.15) is 17.5 Å². The van der Waals surface area contributed by atoms with Crippen LogP contribution in [0.4, 0.5) is 0 Å². The zero-order valence-electron chi connectivity index (χ0n) is 15.6. The second-order valence-electron chi connectivity index (χ2n) is 7.53. The van der Waals surface area contributed by atoms with E-state index in [1.807, 2.05) is 23.9 Å². The van der Waals surface area contributed by atoms with Crippen molar-refractivity contribution in [3.63, 3.8) is 0 Å². The van der Waals surface area contributed by atoms with E-state index in [1.54, 1.807) is 31.4 Å². The van der Waals surface area contributed by atoms with Crippen molar-refractivity contribution in [2.45, 2.75) is 44.9 Å². The first kappa shape index (κ1) is 19.1. The highest BCUT2D eigenvalue weighted by Gasteiger charge is 2.28. The molecule has 0 spiro atoms. The minimum Gasteiger partial charge on any atom is -0.385 e. The van der Waals surface area contributed by atoms with Crippen LogP contribution in [0.25, 0.3) is 0 Å². The molecule has 140 valence electrons. The van der Waals surface area contributed by atoms with Crippen LogP contribution < -0.4 is 0 Å². The van der Waals surface area contributed by atoms with Crippen LogP contribution in [-0.4, -0.2) is 43.4 Å². The summed E-state index contributed by atoms with van der Waals surface area (Å²) in [6.45, 7) is 6.26. The average molecular weight is 374 g/mol. The Balaban J connectivity index is 1.52. The third kappa shape index (κ3) is 4.95. The third-order valence-corrected chi connectivity index (χ3v) is 5.72. The molecule has 26 heavy (non-hydrogen) atoms. The zero-order chi connectivity index (χ0) is 18.7. The van der Waals surface area contributed by atoms with Gasteiger partial charge in [-0.3, -0.25) is 4.90 Å². The Bertz CT molecular complexity index is 786. The summed E-state index contributed by atoms with van der Waals surface area (Å²) in [6.07, 6.45) is 5.09. The SMILES string of the molecule is Cn1ccnc1C(O)C1CCN(Cc2ccc(C#CC(C)(C)O)s2)CC1. The molecule has 1 saturated heterocycles. The molecule has 1 aliphatic heterocycles. The minimum atomic E-state index is -0.958. The fourth-order valence-corrected chi connectivity index (χ4v) is 4.17. The molecule has 1 fully saturated rings. The maximum Gasteiger partial charge on any atom is 0.137 e. The number of imidazole rings is 1. The molecule has 3 rings (SSSR count). The van der Waals surface area contributed by atoms with Crippen molar-refractivity contribution in [1.29, 1.82) is 0 Å². The summed E-state index contributed by atoms with van der Waals surface area (Å²) >= 11 is 1.69. The summed E-state index contributed by atoms with van der Waals surface area (Å²) in [5.74, 6) is 6.93. The van der Waals surface area contributed by atoms with Gasteiger partial charge >= 0.3 is 0 Å². The van der Waals surface area contributed by atoms with Crippen molar-refractivity contribution in [1.82, 2.24) is 14.5 Å². The molecule has 5 nitrogen and oxygen atoms in total. The lowest BCUT2D eigenvalue weighted by Crippen LogP contribution is -2.35. The van der Waals surface area contributed by atoms with Gasteiger partial charge in [0.05, 0.1) is 4.88 Å². The number of rotatable bonds is 4. The number of hydrogen-bond acceptors (Lipinski definition) is 5. The van der Waals surface area contributed by atoms with Gasteiger partial charge in [0.2, 0.25) is 0 Å². The average Bonchev–Trinajstić information content (AvgIpc) is 3.21. The largest absolute Gasteiger partial charge is 0.385 e. The minimum absolute atomic E-state index is 0.267. The molecule has 2 N–H and O–H groups in total. The Morgan fingerprint density at radius 3 is 2.69 bits per heavy atom. The molecule has 0 aromatic carbocycles. The molecule has 6 heteroatoms. The Kier molecular flexibility index (Phi) is 5.83. The summed E-state index contributed by atoms with van der Waals surface area (Å²) in [5.41, 5.74) is -0.958. The van der Waals surface area contributed by atoms with Gasteiger partial charge in [-0.15, -0.1) is 11.3 Å². The Morgan fingerprint density at radius 2 is 2.08 bits per heavy atom. The van der Waals surface area contributed by atoms with Crippen LogP contribution in [0.3, 0.4) is 0 Å². The molecule has 1 aliphatic rings. The summed E-state index contributed by atoms with van der Waals surface area (Å²) in [4.78, 5) is 8.99. The number of piperidine rings is 1. The molecule has 0 amide bonds. The van der Waals surface area contributed by atoms with Crippen LogP contribution in [0.1, 0.15) is 48.4 Å². The lowest BCUT2D eigenvalue weighted by molar-refractivity contribution is 0.0494. The van der Waals surface area contributed by atoms with Crippen LogP contribution in [0.15, 0.2) is 24.5 Å². The first-order valence-electron chi connectivity index (χ1n) is 9.04. The predicted octanol–water partition coefficient (Wildman–Crippen LogP) is 2.55. The van der Waals surface area contributed by atoms with Crippen LogP contribution in [0.5, 0.6) is 0 Å².